The third-order valence-corrected chi connectivity index (χ3v) is 4.67. The van der Waals surface area contributed by atoms with Gasteiger partial charge in [-0.2, -0.15) is 0 Å². The van der Waals surface area contributed by atoms with E-state index in [1.54, 1.807) is 30.9 Å². The molecule has 1 heterocycles. The lowest BCUT2D eigenvalue weighted by Gasteiger charge is -2.45. The third kappa shape index (κ3) is 2.97. The highest BCUT2D eigenvalue weighted by atomic mass is 79.9. The van der Waals surface area contributed by atoms with Gasteiger partial charge in [-0.25, -0.2) is 4.39 Å². The van der Waals surface area contributed by atoms with Crippen LogP contribution in [0.4, 0.5) is 21.5 Å². The van der Waals surface area contributed by atoms with Gasteiger partial charge in [0.25, 0.3) is 5.69 Å². The van der Waals surface area contributed by atoms with Gasteiger partial charge in [0.1, 0.15) is 23.7 Å². The summed E-state index contributed by atoms with van der Waals surface area (Å²) in [5.74, 6) is -0.129. The Balaban J connectivity index is 2.26. The van der Waals surface area contributed by atoms with Crippen molar-refractivity contribution in [2.45, 2.75) is 25.5 Å². The zero-order chi connectivity index (χ0) is 18.4. The standard InChI is InChI=1S/C17H14BrFN2O4/c1-17(2)15(9-22)20(11-5-3-10(19)4-6-11)16-13(18)7-12(21(23)24)8-14(16)25-17/h3-9,15H,1-2H3. The van der Waals surface area contributed by atoms with Crippen molar-refractivity contribution in [1.29, 1.82) is 0 Å². The topological polar surface area (TPSA) is 72.7 Å². The van der Waals surface area contributed by atoms with Crippen LogP contribution in [0.3, 0.4) is 0 Å². The number of halogens is 2. The molecule has 0 aromatic heterocycles. The van der Waals surface area contributed by atoms with Crippen LogP contribution < -0.4 is 9.64 Å². The molecule has 0 aliphatic carbocycles. The predicted molar refractivity (Wildman–Crippen MR) is 93.9 cm³/mol. The number of hydrogen-bond donors (Lipinski definition) is 0. The van der Waals surface area contributed by atoms with Crippen molar-refractivity contribution >= 4 is 39.3 Å². The van der Waals surface area contributed by atoms with E-state index in [2.05, 4.69) is 15.9 Å². The Kier molecular flexibility index (Phi) is 4.24. The molecule has 2 aromatic carbocycles. The average Bonchev–Trinajstić information content (AvgIpc) is 2.53. The van der Waals surface area contributed by atoms with E-state index >= 15 is 0 Å². The Morgan fingerprint density at radius 3 is 2.52 bits per heavy atom. The average molecular weight is 409 g/mol. The summed E-state index contributed by atoms with van der Waals surface area (Å²) in [6.07, 6.45) is 0.750. The maximum Gasteiger partial charge on any atom is 0.274 e. The normalized spacial score (nSPS) is 18.2. The van der Waals surface area contributed by atoms with E-state index in [9.17, 15) is 19.3 Å². The number of non-ortho nitro benzene ring substituents is 1. The second-order valence-electron chi connectivity index (χ2n) is 6.16. The molecule has 8 heteroatoms. The molecule has 2 aromatic rings. The highest BCUT2D eigenvalue weighted by Gasteiger charge is 2.44. The van der Waals surface area contributed by atoms with Gasteiger partial charge < -0.3 is 14.4 Å². The number of nitrogens with zero attached hydrogens (tertiary/aromatic N) is 2. The number of rotatable bonds is 3. The summed E-state index contributed by atoms with van der Waals surface area (Å²) in [6, 6.07) is 7.63. The molecule has 0 saturated carbocycles. The molecule has 1 atom stereocenters. The Hall–Kier alpha value is -2.48. The molecule has 25 heavy (non-hydrogen) atoms. The smallest absolute Gasteiger partial charge is 0.274 e. The fourth-order valence-electron chi connectivity index (χ4n) is 2.89. The van der Waals surface area contributed by atoms with Crippen LogP contribution in [0.2, 0.25) is 0 Å². The van der Waals surface area contributed by atoms with E-state index < -0.39 is 22.4 Å². The molecule has 1 aliphatic rings. The number of nitro groups is 1. The number of benzene rings is 2. The summed E-state index contributed by atoms with van der Waals surface area (Å²) in [5.41, 5.74) is -0.0259. The molecule has 6 nitrogen and oxygen atoms in total. The van der Waals surface area contributed by atoms with Crippen LogP contribution in [0.5, 0.6) is 5.75 Å². The number of ether oxygens (including phenoxy) is 1. The monoisotopic (exact) mass is 408 g/mol. The van der Waals surface area contributed by atoms with Crippen LogP contribution in [0, 0.1) is 15.9 Å². The number of carbonyl (C=O) groups excluding carboxylic acids is 1. The molecule has 130 valence electrons. The fourth-order valence-corrected chi connectivity index (χ4v) is 3.51. The lowest BCUT2D eigenvalue weighted by atomic mass is 9.94. The molecule has 0 saturated heterocycles. The largest absolute Gasteiger partial charge is 0.483 e. The van der Waals surface area contributed by atoms with E-state index in [0.717, 1.165) is 6.29 Å². The van der Waals surface area contributed by atoms with Gasteiger partial charge in [-0.15, -0.1) is 0 Å². The van der Waals surface area contributed by atoms with Gasteiger partial charge in [-0.3, -0.25) is 10.1 Å². The summed E-state index contributed by atoms with van der Waals surface area (Å²) in [7, 11) is 0. The van der Waals surface area contributed by atoms with Crippen molar-refractivity contribution in [3.8, 4) is 5.75 Å². The van der Waals surface area contributed by atoms with Crippen molar-refractivity contribution < 1.29 is 18.8 Å². The molecule has 0 amide bonds. The van der Waals surface area contributed by atoms with Crippen LogP contribution in [-0.4, -0.2) is 22.9 Å². The highest BCUT2D eigenvalue weighted by Crippen LogP contribution is 2.49. The molecule has 3 rings (SSSR count). The predicted octanol–water partition coefficient (Wildman–Crippen LogP) is 4.37. The number of carbonyl (C=O) groups is 1. The van der Waals surface area contributed by atoms with E-state index in [0.29, 0.717) is 15.8 Å². The van der Waals surface area contributed by atoms with Crippen LogP contribution in [-0.2, 0) is 4.79 Å². The first-order valence-corrected chi connectivity index (χ1v) is 8.21. The third-order valence-electron chi connectivity index (χ3n) is 4.06. The van der Waals surface area contributed by atoms with E-state index in [1.807, 2.05) is 0 Å². The number of nitro benzene ring substituents is 1. The van der Waals surface area contributed by atoms with E-state index in [1.165, 1.54) is 24.3 Å². The Labute approximate surface area is 151 Å². The van der Waals surface area contributed by atoms with Gasteiger partial charge in [0, 0.05) is 11.8 Å². The van der Waals surface area contributed by atoms with Gasteiger partial charge in [0.2, 0.25) is 0 Å². The van der Waals surface area contributed by atoms with Crippen LogP contribution in [0.25, 0.3) is 0 Å². The SMILES string of the molecule is CC1(C)Oc2cc([N+](=O)[O-])cc(Br)c2N(c2ccc(F)cc2)C1C=O. The van der Waals surface area contributed by atoms with Gasteiger partial charge in [-0.1, -0.05) is 0 Å². The van der Waals surface area contributed by atoms with Crippen LogP contribution >= 0.6 is 15.9 Å². The minimum Gasteiger partial charge on any atom is -0.483 e. The van der Waals surface area contributed by atoms with Gasteiger partial charge in [-0.05, 0) is 54.0 Å². The molecule has 1 aliphatic heterocycles. The Bertz CT molecular complexity index is 854. The zero-order valence-corrected chi connectivity index (χ0v) is 15.0. The molecular formula is C17H14BrFN2O4. The molecule has 0 N–H and O–H groups in total. The maximum atomic E-state index is 13.3. The fraction of sp³-hybridized carbons (Fsp3) is 0.235. The first-order chi connectivity index (χ1) is 11.7. The molecular weight excluding hydrogens is 395 g/mol. The van der Waals surface area contributed by atoms with Gasteiger partial charge in [0.15, 0.2) is 5.75 Å². The van der Waals surface area contributed by atoms with Crippen molar-refractivity contribution in [3.05, 3.63) is 56.8 Å². The molecule has 0 fully saturated rings. The minimum absolute atomic E-state index is 0.134. The lowest BCUT2D eigenvalue weighted by molar-refractivity contribution is -0.385. The zero-order valence-electron chi connectivity index (χ0n) is 13.4. The van der Waals surface area contributed by atoms with Gasteiger partial charge in [0.05, 0.1) is 21.1 Å². The molecule has 1 unspecified atom stereocenters. The van der Waals surface area contributed by atoms with E-state index in [4.69, 9.17) is 4.74 Å². The van der Waals surface area contributed by atoms with Crippen molar-refractivity contribution in [2.24, 2.45) is 0 Å². The van der Waals surface area contributed by atoms with Crippen molar-refractivity contribution in [2.75, 3.05) is 4.90 Å². The lowest BCUT2D eigenvalue weighted by Crippen LogP contribution is -2.55. The first-order valence-electron chi connectivity index (χ1n) is 7.41. The summed E-state index contributed by atoms with van der Waals surface area (Å²) in [5, 5.41) is 11.1. The van der Waals surface area contributed by atoms with Crippen LogP contribution in [0.1, 0.15) is 13.8 Å². The minimum atomic E-state index is -0.947. The number of anilines is 2. The Morgan fingerprint density at radius 1 is 1.32 bits per heavy atom. The maximum absolute atomic E-state index is 13.3. The van der Waals surface area contributed by atoms with Crippen molar-refractivity contribution in [3.63, 3.8) is 0 Å². The second kappa shape index (κ2) is 6.11. The number of hydrogen-bond acceptors (Lipinski definition) is 5. The summed E-state index contributed by atoms with van der Waals surface area (Å²) in [6.45, 7) is 3.44. The van der Waals surface area contributed by atoms with Crippen LogP contribution in [0.15, 0.2) is 40.9 Å². The summed E-state index contributed by atoms with van der Waals surface area (Å²) in [4.78, 5) is 24.1. The number of aldehydes is 1. The second-order valence-corrected chi connectivity index (χ2v) is 7.02. The molecule has 0 bridgehead atoms. The summed E-state index contributed by atoms with van der Waals surface area (Å²) < 4.78 is 19.6. The van der Waals surface area contributed by atoms with E-state index in [-0.39, 0.29) is 11.4 Å². The first kappa shape index (κ1) is 17.3. The highest BCUT2D eigenvalue weighted by molar-refractivity contribution is 9.10. The number of fused-ring (bicyclic) bond motifs is 1. The Morgan fingerprint density at radius 2 is 1.96 bits per heavy atom. The molecule has 0 radical (unpaired) electrons. The summed E-state index contributed by atoms with van der Waals surface area (Å²) >= 11 is 3.33. The molecule has 0 spiro atoms. The van der Waals surface area contributed by atoms with Crippen molar-refractivity contribution in [1.82, 2.24) is 0 Å². The van der Waals surface area contributed by atoms with Gasteiger partial charge >= 0.3 is 0 Å². The quantitative estimate of drug-likeness (QED) is 0.428.